The third-order valence-corrected chi connectivity index (χ3v) is 3.10. The van der Waals surface area contributed by atoms with E-state index >= 15 is 0 Å². The molecule has 64 valence electrons. The molecule has 1 aliphatic heterocycles. The molecular formula is C9H17NO. The Kier molecular flexibility index (Phi) is 1.69. The van der Waals surface area contributed by atoms with Gasteiger partial charge in [-0.05, 0) is 38.5 Å². The van der Waals surface area contributed by atoms with E-state index in [0.29, 0.717) is 12.6 Å². The fourth-order valence-electron chi connectivity index (χ4n) is 2.11. The minimum atomic E-state index is 0.198. The van der Waals surface area contributed by atoms with Crippen LogP contribution in [0.3, 0.4) is 0 Å². The van der Waals surface area contributed by atoms with Crippen molar-refractivity contribution in [2.75, 3.05) is 6.54 Å². The second kappa shape index (κ2) is 2.46. The van der Waals surface area contributed by atoms with Gasteiger partial charge < -0.3 is 10.5 Å². The molecule has 2 atom stereocenters. The largest absolute Gasteiger partial charge is 0.370 e. The van der Waals surface area contributed by atoms with Crippen molar-refractivity contribution in [1.29, 1.82) is 0 Å². The molecule has 1 saturated heterocycles. The molecule has 2 aliphatic rings. The summed E-state index contributed by atoms with van der Waals surface area (Å²) in [5.74, 6) is 0.846. The van der Waals surface area contributed by atoms with Crippen molar-refractivity contribution in [3.8, 4) is 0 Å². The second-order valence-electron chi connectivity index (χ2n) is 4.10. The molecule has 0 bridgehead atoms. The van der Waals surface area contributed by atoms with Gasteiger partial charge >= 0.3 is 0 Å². The first-order valence-corrected chi connectivity index (χ1v) is 4.62. The van der Waals surface area contributed by atoms with E-state index in [0.717, 1.165) is 5.92 Å². The average Bonchev–Trinajstić information content (AvgIpc) is 2.77. The molecule has 2 N–H and O–H groups in total. The minimum Gasteiger partial charge on any atom is -0.370 e. The molecule has 0 aromatic rings. The number of nitrogens with two attached hydrogens (primary N) is 1. The first-order chi connectivity index (χ1) is 5.24. The smallest absolute Gasteiger partial charge is 0.0705 e. The van der Waals surface area contributed by atoms with Crippen LogP contribution in [0.2, 0.25) is 0 Å². The van der Waals surface area contributed by atoms with Crippen LogP contribution in [0.15, 0.2) is 0 Å². The highest BCUT2D eigenvalue weighted by atomic mass is 16.5. The summed E-state index contributed by atoms with van der Waals surface area (Å²) < 4.78 is 5.90. The van der Waals surface area contributed by atoms with E-state index in [1.807, 2.05) is 0 Å². The van der Waals surface area contributed by atoms with Crippen molar-refractivity contribution in [2.45, 2.75) is 44.3 Å². The normalized spacial score (nSPS) is 44.7. The topological polar surface area (TPSA) is 35.2 Å². The molecule has 11 heavy (non-hydrogen) atoms. The molecule has 0 radical (unpaired) electrons. The predicted octanol–water partition coefficient (Wildman–Crippen LogP) is 1.29. The Morgan fingerprint density at radius 1 is 1.45 bits per heavy atom. The zero-order valence-corrected chi connectivity index (χ0v) is 7.18. The van der Waals surface area contributed by atoms with Crippen molar-refractivity contribution in [3.05, 3.63) is 0 Å². The molecular weight excluding hydrogens is 138 g/mol. The third kappa shape index (κ3) is 1.30. The van der Waals surface area contributed by atoms with Crippen LogP contribution in [0.25, 0.3) is 0 Å². The van der Waals surface area contributed by atoms with Crippen molar-refractivity contribution >= 4 is 0 Å². The molecule has 2 heteroatoms. The van der Waals surface area contributed by atoms with E-state index in [-0.39, 0.29) is 5.60 Å². The molecule has 0 aromatic carbocycles. The highest BCUT2D eigenvalue weighted by Gasteiger charge is 2.46. The fraction of sp³-hybridized carbons (Fsp3) is 1.00. The summed E-state index contributed by atoms with van der Waals surface area (Å²) in [4.78, 5) is 0. The summed E-state index contributed by atoms with van der Waals surface area (Å²) in [6.45, 7) is 2.95. The van der Waals surface area contributed by atoms with E-state index in [1.54, 1.807) is 0 Å². The van der Waals surface area contributed by atoms with Crippen LogP contribution in [0.1, 0.15) is 32.6 Å². The van der Waals surface area contributed by atoms with Gasteiger partial charge in [-0.1, -0.05) is 0 Å². The lowest BCUT2D eigenvalue weighted by Gasteiger charge is -2.24. The number of rotatable bonds is 2. The SMILES string of the molecule is CC1(C2CC2)CCC(CN)O1. The van der Waals surface area contributed by atoms with Gasteiger partial charge in [0, 0.05) is 6.54 Å². The quantitative estimate of drug-likeness (QED) is 0.652. The third-order valence-electron chi connectivity index (χ3n) is 3.10. The Balaban J connectivity index is 1.95. The number of hydrogen-bond acceptors (Lipinski definition) is 2. The van der Waals surface area contributed by atoms with E-state index in [2.05, 4.69) is 6.92 Å². The molecule has 1 saturated carbocycles. The summed E-state index contributed by atoms with van der Waals surface area (Å²) in [7, 11) is 0. The van der Waals surface area contributed by atoms with Gasteiger partial charge in [-0.2, -0.15) is 0 Å². The zero-order chi connectivity index (χ0) is 7.90. The summed E-state index contributed by atoms with van der Waals surface area (Å²) in [5.41, 5.74) is 5.75. The maximum absolute atomic E-state index is 5.90. The molecule has 2 nitrogen and oxygen atoms in total. The van der Waals surface area contributed by atoms with Crippen LogP contribution in [-0.4, -0.2) is 18.2 Å². The monoisotopic (exact) mass is 155 g/mol. The number of ether oxygens (including phenoxy) is 1. The van der Waals surface area contributed by atoms with Crippen LogP contribution in [0, 0.1) is 5.92 Å². The Morgan fingerprint density at radius 3 is 2.64 bits per heavy atom. The Labute approximate surface area is 68.1 Å². The fourth-order valence-corrected chi connectivity index (χ4v) is 2.11. The molecule has 0 amide bonds. The lowest BCUT2D eigenvalue weighted by Crippen LogP contribution is -2.30. The van der Waals surface area contributed by atoms with E-state index < -0.39 is 0 Å². The van der Waals surface area contributed by atoms with Gasteiger partial charge in [-0.25, -0.2) is 0 Å². The van der Waals surface area contributed by atoms with Crippen LogP contribution in [-0.2, 0) is 4.74 Å². The highest BCUT2D eigenvalue weighted by Crippen LogP contribution is 2.48. The lowest BCUT2D eigenvalue weighted by molar-refractivity contribution is -0.0393. The van der Waals surface area contributed by atoms with Gasteiger partial charge in [0.2, 0.25) is 0 Å². The van der Waals surface area contributed by atoms with Gasteiger partial charge in [-0.15, -0.1) is 0 Å². The van der Waals surface area contributed by atoms with Gasteiger partial charge in [-0.3, -0.25) is 0 Å². The maximum atomic E-state index is 5.90. The Morgan fingerprint density at radius 2 is 2.18 bits per heavy atom. The summed E-state index contributed by atoms with van der Waals surface area (Å²) >= 11 is 0. The Bertz CT molecular complexity index is 156. The van der Waals surface area contributed by atoms with Crippen molar-refractivity contribution in [1.82, 2.24) is 0 Å². The van der Waals surface area contributed by atoms with Gasteiger partial charge in [0.15, 0.2) is 0 Å². The first kappa shape index (κ1) is 7.56. The maximum Gasteiger partial charge on any atom is 0.0705 e. The second-order valence-corrected chi connectivity index (χ2v) is 4.10. The Hall–Kier alpha value is -0.0800. The number of hydrogen-bond donors (Lipinski definition) is 1. The summed E-state index contributed by atoms with van der Waals surface area (Å²) in [6, 6.07) is 0. The molecule has 0 spiro atoms. The molecule has 0 aromatic heterocycles. The highest BCUT2D eigenvalue weighted by molar-refractivity contribution is 4.97. The average molecular weight is 155 g/mol. The van der Waals surface area contributed by atoms with Gasteiger partial charge in [0.25, 0.3) is 0 Å². The van der Waals surface area contributed by atoms with Crippen LogP contribution in [0.5, 0.6) is 0 Å². The summed E-state index contributed by atoms with van der Waals surface area (Å²) in [5, 5.41) is 0. The minimum absolute atomic E-state index is 0.198. The standard InChI is InChI=1S/C9H17NO/c1-9(7-2-3-7)5-4-8(6-10)11-9/h7-8H,2-6,10H2,1H3. The van der Waals surface area contributed by atoms with Gasteiger partial charge in [0.05, 0.1) is 11.7 Å². The van der Waals surface area contributed by atoms with Gasteiger partial charge in [0.1, 0.15) is 0 Å². The zero-order valence-electron chi connectivity index (χ0n) is 7.18. The van der Waals surface area contributed by atoms with E-state index in [1.165, 1.54) is 25.7 Å². The molecule has 2 fully saturated rings. The van der Waals surface area contributed by atoms with E-state index in [4.69, 9.17) is 10.5 Å². The lowest BCUT2D eigenvalue weighted by atomic mass is 9.97. The van der Waals surface area contributed by atoms with Crippen molar-refractivity contribution in [2.24, 2.45) is 11.7 Å². The van der Waals surface area contributed by atoms with Crippen LogP contribution >= 0.6 is 0 Å². The van der Waals surface area contributed by atoms with Crippen molar-refractivity contribution < 1.29 is 4.74 Å². The first-order valence-electron chi connectivity index (χ1n) is 4.62. The van der Waals surface area contributed by atoms with Crippen molar-refractivity contribution in [3.63, 3.8) is 0 Å². The van der Waals surface area contributed by atoms with Crippen LogP contribution in [0.4, 0.5) is 0 Å². The molecule has 1 aliphatic carbocycles. The van der Waals surface area contributed by atoms with Crippen LogP contribution < -0.4 is 5.73 Å². The predicted molar refractivity (Wildman–Crippen MR) is 44.3 cm³/mol. The van der Waals surface area contributed by atoms with E-state index in [9.17, 15) is 0 Å². The molecule has 2 rings (SSSR count). The molecule has 2 unspecified atom stereocenters. The molecule has 1 heterocycles. The summed E-state index contributed by atoms with van der Waals surface area (Å²) in [6.07, 6.45) is 5.48.